The van der Waals surface area contributed by atoms with Crippen LogP contribution < -0.4 is 9.47 Å². The Morgan fingerprint density at radius 2 is 1.83 bits per heavy atom. The predicted molar refractivity (Wildman–Crippen MR) is 131 cm³/mol. The van der Waals surface area contributed by atoms with Crippen molar-refractivity contribution in [3.63, 3.8) is 0 Å². The number of methoxy groups -OCH3 is 1. The van der Waals surface area contributed by atoms with Crippen molar-refractivity contribution in [2.45, 2.75) is 51.4 Å². The van der Waals surface area contributed by atoms with Crippen molar-refractivity contribution in [3.05, 3.63) is 18.2 Å². The molecule has 2 aromatic rings. The Balaban J connectivity index is 1.11. The lowest BCUT2D eigenvalue weighted by molar-refractivity contribution is -0.159. The Bertz CT molecular complexity index is 973. The molecule has 192 valence electrons. The molecule has 0 atom stereocenters. The second-order valence-corrected chi connectivity index (χ2v) is 10.5. The maximum Gasteiger partial charge on any atom is 0.312 e. The molecule has 0 bridgehead atoms. The molecule has 0 unspecified atom stereocenters. The summed E-state index contributed by atoms with van der Waals surface area (Å²) in [6, 6.07) is 5.82. The topological polar surface area (TPSA) is 83.3 Å². The third-order valence-electron chi connectivity index (χ3n) is 8.27. The standard InChI is InChI=1S/C27H38N2O6/c1-31-26(30)27(11-16-32-17-12-27)10-15-29-13-8-21(9-14-29)19-34-25-24-22(33-18-20-4-2-5-20)6-3-7-23(24)35-28-25/h3,6-7,20-21H,2,4-5,8-19H2,1H3. The Labute approximate surface area is 207 Å². The van der Waals surface area contributed by atoms with Crippen molar-refractivity contribution in [2.24, 2.45) is 17.3 Å². The lowest BCUT2D eigenvalue weighted by atomic mass is 9.77. The number of fused-ring (bicyclic) bond motifs is 1. The van der Waals surface area contributed by atoms with E-state index in [1.165, 1.54) is 26.4 Å². The molecule has 1 aromatic heterocycles. The van der Waals surface area contributed by atoms with E-state index in [1.54, 1.807) is 0 Å². The molecular weight excluding hydrogens is 448 g/mol. The van der Waals surface area contributed by atoms with Crippen LogP contribution in [0.2, 0.25) is 0 Å². The molecule has 0 spiro atoms. The third-order valence-corrected chi connectivity index (χ3v) is 8.27. The summed E-state index contributed by atoms with van der Waals surface area (Å²) in [7, 11) is 1.49. The third kappa shape index (κ3) is 5.59. The van der Waals surface area contributed by atoms with Crippen LogP contribution in [0, 0.1) is 17.3 Å². The zero-order valence-corrected chi connectivity index (χ0v) is 20.8. The van der Waals surface area contributed by atoms with Gasteiger partial charge in [-0.3, -0.25) is 4.79 Å². The number of aromatic nitrogens is 1. The van der Waals surface area contributed by atoms with Gasteiger partial charge in [0.05, 0.1) is 25.7 Å². The monoisotopic (exact) mass is 486 g/mol. The minimum Gasteiger partial charge on any atom is -0.492 e. The highest BCUT2D eigenvalue weighted by Crippen LogP contribution is 2.37. The number of hydrogen-bond acceptors (Lipinski definition) is 8. The summed E-state index contributed by atoms with van der Waals surface area (Å²) >= 11 is 0. The van der Waals surface area contributed by atoms with Crippen LogP contribution in [0.15, 0.2) is 22.7 Å². The Morgan fingerprint density at radius 1 is 1.09 bits per heavy atom. The first-order chi connectivity index (χ1) is 17.2. The highest BCUT2D eigenvalue weighted by atomic mass is 16.5. The summed E-state index contributed by atoms with van der Waals surface area (Å²) in [5.74, 6) is 2.38. The number of hydrogen-bond donors (Lipinski definition) is 0. The highest BCUT2D eigenvalue weighted by molar-refractivity contribution is 5.88. The van der Waals surface area contributed by atoms with E-state index in [0.717, 1.165) is 69.5 Å². The van der Waals surface area contributed by atoms with Crippen molar-refractivity contribution in [2.75, 3.05) is 53.2 Å². The van der Waals surface area contributed by atoms with Crippen LogP contribution in [0.1, 0.15) is 51.4 Å². The van der Waals surface area contributed by atoms with Gasteiger partial charge in [-0.1, -0.05) is 12.5 Å². The Hall–Kier alpha value is -2.32. The number of ether oxygens (including phenoxy) is 4. The number of piperidine rings is 1. The fourth-order valence-electron chi connectivity index (χ4n) is 5.50. The van der Waals surface area contributed by atoms with Crippen LogP contribution in [0.3, 0.4) is 0 Å². The van der Waals surface area contributed by atoms with Gasteiger partial charge >= 0.3 is 5.97 Å². The molecule has 1 saturated carbocycles. The van der Waals surface area contributed by atoms with Crippen LogP contribution in [-0.2, 0) is 14.3 Å². The lowest BCUT2D eigenvalue weighted by Gasteiger charge is -2.38. The van der Waals surface area contributed by atoms with Gasteiger partial charge in [0.15, 0.2) is 5.58 Å². The van der Waals surface area contributed by atoms with Crippen molar-refractivity contribution in [1.29, 1.82) is 0 Å². The highest BCUT2D eigenvalue weighted by Gasteiger charge is 2.41. The minimum absolute atomic E-state index is 0.0834. The van der Waals surface area contributed by atoms with E-state index in [4.69, 9.17) is 23.5 Å². The Kier molecular flexibility index (Phi) is 7.78. The van der Waals surface area contributed by atoms with Gasteiger partial charge in [-0.05, 0) is 93.7 Å². The fourth-order valence-corrected chi connectivity index (χ4v) is 5.50. The second-order valence-electron chi connectivity index (χ2n) is 10.5. The zero-order chi connectivity index (χ0) is 24.1. The van der Waals surface area contributed by atoms with Gasteiger partial charge in [-0.25, -0.2) is 0 Å². The molecule has 1 aromatic carbocycles. The van der Waals surface area contributed by atoms with E-state index in [2.05, 4.69) is 10.1 Å². The maximum atomic E-state index is 12.5. The average molecular weight is 487 g/mol. The average Bonchev–Trinajstić information content (AvgIpc) is 3.30. The molecule has 8 heteroatoms. The molecule has 8 nitrogen and oxygen atoms in total. The first-order valence-corrected chi connectivity index (χ1v) is 13.2. The van der Waals surface area contributed by atoms with E-state index in [1.807, 2.05) is 18.2 Å². The predicted octanol–water partition coefficient (Wildman–Crippen LogP) is 4.46. The quantitative estimate of drug-likeness (QED) is 0.455. The summed E-state index contributed by atoms with van der Waals surface area (Å²) in [6.45, 7) is 5.58. The van der Waals surface area contributed by atoms with E-state index in [-0.39, 0.29) is 11.4 Å². The van der Waals surface area contributed by atoms with Gasteiger partial charge in [0.1, 0.15) is 11.1 Å². The summed E-state index contributed by atoms with van der Waals surface area (Å²) < 4.78 is 28.4. The van der Waals surface area contributed by atoms with Crippen LogP contribution in [0.5, 0.6) is 11.6 Å². The van der Waals surface area contributed by atoms with E-state index in [9.17, 15) is 4.79 Å². The zero-order valence-electron chi connectivity index (χ0n) is 20.8. The van der Waals surface area contributed by atoms with E-state index < -0.39 is 0 Å². The van der Waals surface area contributed by atoms with E-state index >= 15 is 0 Å². The molecular formula is C27H38N2O6. The molecule has 0 N–H and O–H groups in total. The van der Waals surface area contributed by atoms with E-state index in [0.29, 0.717) is 43.1 Å². The molecule has 5 rings (SSSR count). The SMILES string of the molecule is COC(=O)C1(CCN2CCC(COc3noc4cccc(OCC5CCC5)c34)CC2)CCOCC1. The first-order valence-electron chi connectivity index (χ1n) is 13.2. The number of carbonyl (C=O) groups is 1. The summed E-state index contributed by atoms with van der Waals surface area (Å²) in [5, 5.41) is 5.03. The number of likely N-dealkylation sites (tertiary alicyclic amines) is 1. The first kappa shape index (κ1) is 24.4. The number of nitrogens with zero attached hydrogens (tertiary/aromatic N) is 2. The Morgan fingerprint density at radius 3 is 2.54 bits per heavy atom. The molecule has 35 heavy (non-hydrogen) atoms. The summed E-state index contributed by atoms with van der Waals surface area (Å²) in [4.78, 5) is 15.0. The van der Waals surface area contributed by atoms with Crippen LogP contribution in [0.4, 0.5) is 0 Å². The molecule has 3 aliphatic rings. The van der Waals surface area contributed by atoms with Gasteiger partial charge in [-0.15, -0.1) is 0 Å². The summed E-state index contributed by atoms with van der Waals surface area (Å²) in [5.41, 5.74) is 0.313. The molecule has 3 heterocycles. The van der Waals surface area contributed by atoms with Gasteiger partial charge in [0, 0.05) is 13.2 Å². The molecule has 0 radical (unpaired) electrons. The molecule has 3 fully saturated rings. The fraction of sp³-hybridized carbons (Fsp3) is 0.704. The number of rotatable bonds is 10. The summed E-state index contributed by atoms with van der Waals surface area (Å²) in [6.07, 6.45) is 8.27. The molecule has 2 aliphatic heterocycles. The maximum absolute atomic E-state index is 12.5. The normalized spacial score (nSPS) is 21.5. The molecule has 1 aliphatic carbocycles. The number of carbonyl (C=O) groups excluding carboxylic acids is 1. The van der Waals surface area contributed by atoms with Crippen LogP contribution in [0.25, 0.3) is 11.0 Å². The van der Waals surface area contributed by atoms with Gasteiger partial charge in [0.25, 0.3) is 5.88 Å². The lowest BCUT2D eigenvalue weighted by Crippen LogP contribution is -2.43. The molecule has 2 saturated heterocycles. The number of benzene rings is 1. The van der Waals surface area contributed by atoms with Crippen molar-refractivity contribution in [1.82, 2.24) is 10.1 Å². The smallest absolute Gasteiger partial charge is 0.312 e. The van der Waals surface area contributed by atoms with Crippen molar-refractivity contribution >= 4 is 16.9 Å². The van der Waals surface area contributed by atoms with Gasteiger partial charge in [-0.2, -0.15) is 0 Å². The largest absolute Gasteiger partial charge is 0.492 e. The number of esters is 1. The minimum atomic E-state index is -0.390. The van der Waals surface area contributed by atoms with Crippen molar-refractivity contribution < 1.29 is 28.3 Å². The van der Waals surface area contributed by atoms with Gasteiger partial charge in [0.2, 0.25) is 0 Å². The van der Waals surface area contributed by atoms with Crippen LogP contribution >= 0.6 is 0 Å². The second kappa shape index (κ2) is 11.2. The molecule has 0 amide bonds. The van der Waals surface area contributed by atoms with Crippen LogP contribution in [-0.4, -0.2) is 69.2 Å². The van der Waals surface area contributed by atoms with Gasteiger partial charge < -0.3 is 28.4 Å². The van der Waals surface area contributed by atoms with Crippen molar-refractivity contribution in [3.8, 4) is 11.6 Å².